The van der Waals surface area contributed by atoms with Crippen molar-refractivity contribution in [2.75, 3.05) is 66.1 Å². The molecule has 11 N–H and O–H groups in total. The first kappa shape index (κ1) is 102. The Kier molecular flexibility index (Phi) is 37.2. The lowest BCUT2D eigenvalue weighted by Crippen LogP contribution is -2.42. The second kappa shape index (κ2) is 49.4. The quantitative estimate of drug-likeness (QED) is 0.0156. The van der Waals surface area contributed by atoms with Crippen molar-refractivity contribution in [3.63, 3.8) is 0 Å². The second-order valence-corrected chi connectivity index (χ2v) is 40.4. The molecule has 11 aliphatic rings. The van der Waals surface area contributed by atoms with E-state index in [1.54, 1.807) is 55.7 Å². The highest BCUT2D eigenvalue weighted by atomic mass is 36.0. The van der Waals surface area contributed by atoms with Gasteiger partial charge in [-0.1, -0.05) is 121 Å². The topological polar surface area (TPSA) is 391 Å². The lowest BCUT2D eigenvalue weighted by Gasteiger charge is -2.27. The number of benzene rings is 8. The molecule has 3 saturated heterocycles. The highest BCUT2D eigenvalue weighted by Gasteiger charge is 2.36. The number of phenols is 3. The van der Waals surface area contributed by atoms with Crippen LogP contribution in [0.3, 0.4) is 0 Å². The van der Waals surface area contributed by atoms with Gasteiger partial charge in [-0.3, -0.25) is 52.8 Å². The van der Waals surface area contributed by atoms with E-state index in [1.807, 2.05) is 18.2 Å². The number of aromatic hydroxyl groups is 3. The number of allylic oxidation sites excluding steroid dienone is 11. The zero-order chi connectivity index (χ0) is 96.2. The molecule has 0 spiro atoms. The van der Waals surface area contributed by atoms with Gasteiger partial charge < -0.3 is 66.6 Å². The first-order valence-electron chi connectivity index (χ1n) is 44.8. The Bertz CT molecular complexity index is 5890. The van der Waals surface area contributed by atoms with Crippen LogP contribution >= 0.6 is 50.7 Å². The standard InChI is InChI=1S/C27H28N2O4.C26H27N3O4.C14H17NO3.C13H15NO2.C12H13NO.C10H11N.Cl3OP.ClHN4/c1-17(30)28-15-18-5-6-19-7-8-20(22(19)13-18)14-25-26(32)21-9-10-24(31)23(27(21)33-25)16-29-11-3-2-4-12-29;1-16(30)28-14-17-2-3-18-4-5-19(21(18)12-17)13-24-25(32)20-6-7-23(31)22(26(20)33-24)15-29-10-8-27-9-11-29;16-12-5-4-10-13(17)9-18-14(10)11(12)8-15-6-2-1-3-7-15;1-9(15)14-8-10-3-4-11-5-6-13(16-2)12(11)7-10;1-9(14)13-8-10-5-6-11-3-2-4-12(11)7-10;11-7-8-4-5-9-2-1-3-10(9)6-8;1-5(2,3)4;1-3-5-4-2/h5-6,8-10,13-14,31H,2-4,7,11-12,15-16H2,1H3,(H,28,30);2-3,5-7,12-13,27,31H,4,8-11,14-15H2,1H3,(H,28,30);4-5,16H,1-3,6-9H2;3-4,6-7H,5,8H2,1-2H3,(H,14,15);2,4-7H,3,8H2,1H3,(H,13,14);1,3-6H,2,7,11H2;;2H/b25-14-;24-13-;;;;;;. The number of amides is 4. The predicted octanol–water partition coefficient (Wildman–Crippen LogP) is 18.4. The molecule has 19 rings (SSSR count). The largest absolute Gasteiger partial charge is 0.507 e. The van der Waals surface area contributed by atoms with Crippen LogP contribution in [0.25, 0.3) is 29.1 Å². The zero-order valence-electron chi connectivity index (χ0n) is 76.1. The molecule has 0 saturated carbocycles. The molecule has 0 unspecified atom stereocenters. The summed E-state index contributed by atoms with van der Waals surface area (Å²) in [5, 5.41) is 47.4. The fourth-order valence-corrected chi connectivity index (χ4v) is 17.1. The molecule has 3 fully saturated rings. The number of piperazine rings is 1. The van der Waals surface area contributed by atoms with Gasteiger partial charge in [-0.25, -0.2) is 0 Å². The number of nitrogens with zero attached hydrogens (tertiary/aromatic N) is 6. The maximum absolute atomic E-state index is 13.1. The Labute approximate surface area is 805 Å². The van der Waals surface area contributed by atoms with E-state index >= 15 is 0 Å². The fraction of sp³-hybridized carbons (Fsp3) is 0.324. The summed E-state index contributed by atoms with van der Waals surface area (Å²) >= 11 is 18.4. The van der Waals surface area contributed by atoms with Crippen molar-refractivity contribution in [1.82, 2.24) is 41.3 Å². The molecule has 0 atom stereocenters. The van der Waals surface area contributed by atoms with Crippen LogP contribution in [0.15, 0.2) is 197 Å². The number of halogens is 4. The lowest BCUT2D eigenvalue weighted by atomic mass is 10.0. The molecule has 708 valence electrons. The van der Waals surface area contributed by atoms with Gasteiger partial charge >= 0.3 is 5.20 Å². The van der Waals surface area contributed by atoms with Gasteiger partial charge in [-0.2, -0.15) is 5.53 Å². The average Bonchev–Trinajstić information content (AvgIpc) is 1.62. The molecule has 8 aromatic carbocycles. The van der Waals surface area contributed by atoms with Gasteiger partial charge in [0.15, 0.2) is 18.1 Å². The van der Waals surface area contributed by atoms with Crippen molar-refractivity contribution in [3.05, 3.63) is 298 Å². The van der Waals surface area contributed by atoms with Gasteiger partial charge in [-0.15, -0.1) is 0 Å². The van der Waals surface area contributed by atoms with E-state index < -0.39 is 5.20 Å². The van der Waals surface area contributed by atoms with Crippen LogP contribution in [0, 0.1) is 5.53 Å². The van der Waals surface area contributed by atoms with Gasteiger partial charge in [0.25, 0.3) is 0 Å². The molecule has 4 amide bonds. The SMILES string of the molecule is CC(=O)NCc1ccc2c(c1)C(/C=C1\Oc3c(ccc(O)c3CN3CCCCC3)C1=O)=CC2.CC(=O)NCc1ccc2c(c1)C(/C=C1\Oc3c(ccc(O)c3CN3CCNCC3)C1=O)=CC2.CC(=O)NCc1ccc2c(c1)C=CC2.COC1=CCc2ccc(CNC(C)=O)cc21.N=NN=NCl.NCc1ccc2c(c1)C=CC2.O=C1COc2c1ccc(O)c2CN1CCCCC1.O=P(Cl)(Cl)Cl. The minimum atomic E-state index is -3.22. The number of fused-ring (bicyclic) bond motifs is 8. The van der Waals surface area contributed by atoms with Crippen molar-refractivity contribution in [3.8, 4) is 34.5 Å². The van der Waals surface area contributed by atoms with E-state index in [0.717, 1.165) is 159 Å². The maximum atomic E-state index is 13.1. The first-order chi connectivity index (χ1) is 65.0. The van der Waals surface area contributed by atoms with E-state index in [9.17, 15) is 53.4 Å². The number of nitrogens with two attached hydrogens (primary N) is 1. The summed E-state index contributed by atoms with van der Waals surface area (Å²) in [4.78, 5) is 88.8. The van der Waals surface area contributed by atoms with E-state index in [1.165, 1.54) is 97.9 Å². The summed E-state index contributed by atoms with van der Waals surface area (Å²) < 4.78 is 35.0. The molecule has 135 heavy (non-hydrogen) atoms. The third-order valence-corrected chi connectivity index (χ3v) is 24.0. The van der Waals surface area contributed by atoms with Crippen LogP contribution < -0.4 is 46.5 Å². The summed E-state index contributed by atoms with van der Waals surface area (Å²) in [6.45, 7) is 18.3. The van der Waals surface area contributed by atoms with E-state index in [2.05, 4.69) is 217 Å². The Hall–Kier alpha value is -12.2. The monoisotopic (exact) mass is 1930 g/mol. The van der Waals surface area contributed by atoms with Crippen molar-refractivity contribution in [1.29, 1.82) is 5.53 Å². The second-order valence-electron chi connectivity index (χ2n) is 33.6. The van der Waals surface area contributed by atoms with Crippen LogP contribution in [0.2, 0.25) is 0 Å². The summed E-state index contributed by atoms with van der Waals surface area (Å²) in [5.74, 6) is 3.09. The van der Waals surface area contributed by atoms with Crippen LogP contribution in [-0.2, 0) is 113 Å². The Morgan fingerprint density at radius 3 is 1.26 bits per heavy atom. The summed E-state index contributed by atoms with van der Waals surface area (Å²) in [6, 6.07) is 41.0. The van der Waals surface area contributed by atoms with Crippen molar-refractivity contribution < 1.29 is 72.4 Å². The molecule has 0 bridgehead atoms. The van der Waals surface area contributed by atoms with Gasteiger partial charge in [0.2, 0.25) is 41.0 Å². The van der Waals surface area contributed by atoms with Gasteiger partial charge in [0.05, 0.1) is 52.3 Å². The number of hydrogen-bond acceptors (Lipinski definition) is 22. The third kappa shape index (κ3) is 28.9. The molecule has 28 nitrogen and oxygen atoms in total. The first-order valence-corrected chi connectivity index (χ1v) is 49.6. The van der Waals surface area contributed by atoms with Crippen LogP contribution in [0.5, 0.6) is 34.5 Å². The number of carbonyl (C=O) groups is 7. The number of Topliss-reactive ketones (excluding diaryl/α,β-unsaturated/α-hetero) is 3. The predicted molar refractivity (Wildman–Crippen MR) is 525 cm³/mol. The van der Waals surface area contributed by atoms with E-state index in [4.69, 9.17) is 30.2 Å². The number of likely N-dealkylation sites (tertiary alicyclic amines) is 2. The Morgan fingerprint density at radius 1 is 0.489 bits per heavy atom. The molecular formula is C102H112Cl4N13O15P. The van der Waals surface area contributed by atoms with Crippen LogP contribution in [-0.4, -0.2) is 137 Å². The van der Waals surface area contributed by atoms with E-state index in [0.29, 0.717) is 97.4 Å². The smallest absolute Gasteiger partial charge is 0.339 e. The van der Waals surface area contributed by atoms with Gasteiger partial charge in [0, 0.05) is 112 Å². The van der Waals surface area contributed by atoms with Crippen LogP contribution in [0.1, 0.15) is 197 Å². The summed E-state index contributed by atoms with van der Waals surface area (Å²) in [6.07, 6.45) is 30.3. The molecule has 6 aliphatic heterocycles. The fourth-order valence-electron chi connectivity index (χ4n) is 17.0. The summed E-state index contributed by atoms with van der Waals surface area (Å²) in [5.41, 5.74) is 34.7. The number of ether oxygens (including phenoxy) is 4. The Morgan fingerprint density at radius 2 is 0.859 bits per heavy atom. The number of nitrogens with one attached hydrogen (secondary N) is 6. The normalized spacial score (nSPS) is 16.5. The summed E-state index contributed by atoms with van der Waals surface area (Å²) in [7, 11) is 1.68. The highest BCUT2D eigenvalue weighted by molar-refractivity contribution is 8.24. The minimum Gasteiger partial charge on any atom is -0.507 e. The molecule has 6 heterocycles. The minimum absolute atomic E-state index is 0.00453. The third-order valence-electron chi connectivity index (χ3n) is 23.9. The highest BCUT2D eigenvalue weighted by Crippen LogP contribution is 2.61. The van der Waals surface area contributed by atoms with Gasteiger partial charge in [-0.05, 0) is 296 Å². The van der Waals surface area contributed by atoms with Crippen molar-refractivity contribution >= 4 is 121 Å². The number of ketones is 3. The number of piperidine rings is 2. The zero-order valence-corrected chi connectivity index (χ0v) is 80.0. The number of phenolic OH excluding ortho intramolecular Hbond substituents is 3. The average molecular weight is 1930 g/mol. The maximum Gasteiger partial charge on any atom is 0.339 e. The van der Waals surface area contributed by atoms with Crippen molar-refractivity contribution in [2.45, 2.75) is 151 Å². The molecular weight excluding hydrogens is 1820 g/mol. The Balaban J connectivity index is 0.000000148. The number of hydrogen-bond donors (Lipinski definition) is 10. The van der Waals surface area contributed by atoms with E-state index in [-0.39, 0.29) is 76.4 Å². The van der Waals surface area contributed by atoms with Crippen molar-refractivity contribution in [2.24, 2.45) is 20.8 Å². The number of carbonyl (C=O) groups excluding carboxylic acids is 7. The lowest BCUT2D eigenvalue weighted by molar-refractivity contribution is -0.120. The van der Waals surface area contributed by atoms with Crippen LogP contribution in [0.4, 0.5) is 0 Å². The number of rotatable bonds is 19. The molecule has 33 heteroatoms. The molecule has 0 radical (unpaired) electrons. The molecule has 5 aliphatic carbocycles. The van der Waals surface area contributed by atoms with Gasteiger partial charge in [0.1, 0.15) is 40.3 Å². The molecule has 0 aromatic heterocycles. The molecule has 8 aromatic rings. The number of methoxy groups -OCH3 is 1.